The third kappa shape index (κ3) is 17.8. The van der Waals surface area contributed by atoms with Gasteiger partial charge >= 0.3 is 23.9 Å². The summed E-state index contributed by atoms with van der Waals surface area (Å²) in [6.07, 6.45) is -0.941. The van der Waals surface area contributed by atoms with Crippen molar-refractivity contribution >= 4 is 65.2 Å². The number of nitrogens with two attached hydrogens (primary N) is 2. The number of carboxylic acid groups (broad SMARTS) is 3. The molecule has 0 bridgehead atoms. The highest BCUT2D eigenvalue weighted by Gasteiger charge is 2.32. The minimum absolute atomic E-state index is 0.0724. The monoisotopic (exact) mass is 735 g/mol. The van der Waals surface area contributed by atoms with Crippen molar-refractivity contribution in [2.24, 2.45) is 17.4 Å². The number of hydrogen-bond donors (Lipinski definition) is 9. The first-order chi connectivity index (χ1) is 23.2. The lowest BCUT2D eigenvalue weighted by molar-refractivity contribution is -0.144. The van der Waals surface area contributed by atoms with Gasteiger partial charge in [0.15, 0.2) is 0 Å². The minimum Gasteiger partial charge on any atom is -0.480 e. The van der Waals surface area contributed by atoms with Crippen molar-refractivity contribution in [1.29, 1.82) is 0 Å². The molecule has 3 unspecified atom stereocenters. The molecule has 11 N–H and O–H groups in total. The summed E-state index contributed by atoms with van der Waals surface area (Å²) in [7, 11) is 2.39. The number of methoxy groups -OCH3 is 1. The summed E-state index contributed by atoms with van der Waals surface area (Å²) in [5.41, 5.74) is 11.1. The molecular weight excluding hydrogens is 686 g/mol. The van der Waals surface area contributed by atoms with Gasteiger partial charge in [0.25, 0.3) is 0 Å². The molecule has 0 radical (unpaired) electrons. The molecule has 0 aliphatic heterocycles. The number of aliphatic carboxylic acids is 3. The average molecular weight is 736 g/mol. The number of ether oxygens (including phenoxy) is 1. The van der Waals surface area contributed by atoms with E-state index in [2.05, 4.69) is 26.0 Å². The molecule has 0 fully saturated rings. The standard InChI is InChI=1S/C29H49N7O13S/c1-14(2)10-18(28(46)47)35-24(41)15(3)33-26(43)20(36(4)22(38)9-7-17(31)29(48)49-5)13-50-12-19(25(42)32-11-23(39)40)34-21(37)8-6-16(30)27(44)45/h14-20H,6-13,30-31H2,1-5H3,(H,32,42)(H,33,43)(H,34,37)(H,35,41)(H,39,40)(H,44,45)(H,46,47)/t15-,16?,17?,18-,19?,20-/m0/s1. The number of carbonyl (C=O) groups excluding carboxylic acids is 6. The Morgan fingerprint density at radius 1 is 0.760 bits per heavy atom. The topological polar surface area (TPSA) is 327 Å². The van der Waals surface area contributed by atoms with Gasteiger partial charge < -0.3 is 57.7 Å². The summed E-state index contributed by atoms with van der Waals surface area (Å²) in [5, 5.41) is 36.7. The second-order valence-electron chi connectivity index (χ2n) is 11.7. The number of carboxylic acids is 3. The Hall–Kier alpha value is -4.50. The Morgan fingerprint density at radius 2 is 1.36 bits per heavy atom. The van der Waals surface area contributed by atoms with E-state index in [1.807, 2.05) is 0 Å². The van der Waals surface area contributed by atoms with Gasteiger partial charge in [0.05, 0.1) is 7.11 Å². The Labute approximate surface area is 293 Å². The van der Waals surface area contributed by atoms with Gasteiger partial charge in [-0.2, -0.15) is 11.8 Å². The Balaban J connectivity index is 6.00. The van der Waals surface area contributed by atoms with E-state index < -0.39 is 96.2 Å². The Bertz CT molecular complexity index is 1240. The van der Waals surface area contributed by atoms with Crippen LogP contribution in [0.2, 0.25) is 0 Å². The molecule has 5 amide bonds. The molecule has 0 aliphatic carbocycles. The number of rotatable bonds is 24. The molecule has 0 saturated heterocycles. The molecule has 20 nitrogen and oxygen atoms in total. The Morgan fingerprint density at radius 3 is 1.88 bits per heavy atom. The molecule has 50 heavy (non-hydrogen) atoms. The molecule has 0 rings (SSSR count). The first-order valence-electron chi connectivity index (χ1n) is 15.5. The molecule has 6 atom stereocenters. The van der Waals surface area contributed by atoms with Gasteiger partial charge in [0.2, 0.25) is 29.5 Å². The van der Waals surface area contributed by atoms with Crippen molar-refractivity contribution in [3.05, 3.63) is 0 Å². The van der Waals surface area contributed by atoms with Crippen LogP contribution in [0.1, 0.15) is 52.9 Å². The van der Waals surface area contributed by atoms with Crippen LogP contribution in [0.15, 0.2) is 0 Å². The number of carbonyl (C=O) groups is 9. The van der Waals surface area contributed by atoms with E-state index in [1.54, 1.807) is 13.8 Å². The van der Waals surface area contributed by atoms with Crippen LogP contribution >= 0.6 is 11.8 Å². The number of nitrogens with one attached hydrogen (secondary N) is 4. The number of hydrogen-bond acceptors (Lipinski definition) is 13. The second kappa shape index (κ2) is 23.0. The highest BCUT2D eigenvalue weighted by atomic mass is 32.2. The van der Waals surface area contributed by atoms with E-state index in [-0.39, 0.29) is 49.5 Å². The van der Waals surface area contributed by atoms with Crippen LogP contribution in [-0.2, 0) is 47.9 Å². The maximum atomic E-state index is 13.5. The van der Waals surface area contributed by atoms with Crippen LogP contribution < -0.4 is 32.7 Å². The van der Waals surface area contributed by atoms with E-state index in [1.165, 1.54) is 14.0 Å². The Kier molecular flexibility index (Phi) is 20.9. The number of esters is 1. The highest BCUT2D eigenvalue weighted by molar-refractivity contribution is 7.99. The lowest BCUT2D eigenvalue weighted by Gasteiger charge is -2.29. The van der Waals surface area contributed by atoms with E-state index >= 15 is 0 Å². The predicted molar refractivity (Wildman–Crippen MR) is 177 cm³/mol. The summed E-state index contributed by atoms with van der Waals surface area (Å²) in [5.74, 6) is -9.27. The van der Waals surface area contributed by atoms with Gasteiger partial charge in [0, 0.05) is 31.4 Å². The maximum Gasteiger partial charge on any atom is 0.326 e. The van der Waals surface area contributed by atoms with Gasteiger partial charge in [-0.05, 0) is 32.1 Å². The van der Waals surface area contributed by atoms with Gasteiger partial charge in [0.1, 0.15) is 42.8 Å². The lowest BCUT2D eigenvalue weighted by atomic mass is 10.0. The third-order valence-corrected chi connectivity index (χ3v) is 8.16. The molecule has 0 spiro atoms. The third-order valence-electron chi connectivity index (χ3n) is 7.04. The zero-order valence-electron chi connectivity index (χ0n) is 28.6. The van der Waals surface area contributed by atoms with E-state index in [0.717, 1.165) is 23.8 Å². The van der Waals surface area contributed by atoms with Crippen LogP contribution in [0.4, 0.5) is 0 Å². The number of nitrogens with zero attached hydrogens (tertiary/aromatic N) is 1. The van der Waals surface area contributed by atoms with Crippen LogP contribution in [-0.4, -0.2) is 142 Å². The minimum atomic E-state index is -1.37. The van der Waals surface area contributed by atoms with Crippen LogP contribution in [0, 0.1) is 5.92 Å². The van der Waals surface area contributed by atoms with Gasteiger partial charge in [-0.3, -0.25) is 38.4 Å². The van der Waals surface area contributed by atoms with Crippen LogP contribution in [0.25, 0.3) is 0 Å². The molecule has 0 aliphatic rings. The van der Waals surface area contributed by atoms with Crippen LogP contribution in [0.3, 0.4) is 0 Å². The molecule has 0 aromatic rings. The fourth-order valence-electron chi connectivity index (χ4n) is 4.07. The largest absolute Gasteiger partial charge is 0.480 e. The average Bonchev–Trinajstić information content (AvgIpc) is 3.04. The van der Waals surface area contributed by atoms with Crippen molar-refractivity contribution in [2.45, 2.75) is 89.1 Å². The van der Waals surface area contributed by atoms with Gasteiger partial charge in [-0.15, -0.1) is 0 Å². The van der Waals surface area contributed by atoms with Crippen molar-refractivity contribution in [3.8, 4) is 0 Å². The van der Waals surface area contributed by atoms with Crippen molar-refractivity contribution in [2.75, 3.05) is 32.2 Å². The summed E-state index contributed by atoms with van der Waals surface area (Å²) in [6.45, 7) is 4.05. The second-order valence-corrected chi connectivity index (χ2v) is 12.8. The molecule has 0 aromatic heterocycles. The van der Waals surface area contributed by atoms with E-state index in [9.17, 15) is 48.3 Å². The molecule has 0 saturated carbocycles. The normalized spacial score (nSPS) is 14.5. The summed E-state index contributed by atoms with van der Waals surface area (Å²) >= 11 is 0.894. The smallest absolute Gasteiger partial charge is 0.326 e. The number of amides is 5. The van der Waals surface area contributed by atoms with Crippen LogP contribution in [0.5, 0.6) is 0 Å². The first-order valence-corrected chi connectivity index (χ1v) is 16.6. The highest BCUT2D eigenvalue weighted by Crippen LogP contribution is 2.14. The maximum absolute atomic E-state index is 13.5. The fraction of sp³-hybridized carbons (Fsp3) is 0.690. The SMILES string of the molecule is COC(=O)C(N)CCC(=O)N(C)[C@@H](CSCC(NC(=O)CCC(N)C(=O)O)C(=O)NCC(=O)O)C(=O)N[C@@H](C)C(=O)N[C@@H](CC(C)C)C(=O)O. The lowest BCUT2D eigenvalue weighted by Crippen LogP contribution is -2.56. The zero-order valence-corrected chi connectivity index (χ0v) is 29.4. The molecule has 0 aromatic carbocycles. The van der Waals surface area contributed by atoms with Gasteiger partial charge in [-0.1, -0.05) is 13.8 Å². The number of thioether (sulfide) groups is 1. The fourth-order valence-corrected chi connectivity index (χ4v) is 5.27. The first kappa shape index (κ1) is 45.5. The molecular formula is C29H49N7O13S. The van der Waals surface area contributed by atoms with E-state index in [0.29, 0.717) is 0 Å². The summed E-state index contributed by atoms with van der Waals surface area (Å²) in [6, 6.07) is -7.65. The zero-order chi connectivity index (χ0) is 38.7. The van der Waals surface area contributed by atoms with Crippen molar-refractivity contribution in [3.63, 3.8) is 0 Å². The molecule has 284 valence electrons. The molecule has 0 heterocycles. The summed E-state index contributed by atoms with van der Waals surface area (Å²) < 4.78 is 4.55. The van der Waals surface area contributed by atoms with Gasteiger partial charge in [-0.25, -0.2) is 4.79 Å². The predicted octanol–water partition coefficient (Wildman–Crippen LogP) is -3.18. The van der Waals surface area contributed by atoms with Crippen molar-refractivity contribution < 1.29 is 63.2 Å². The molecule has 21 heteroatoms. The summed E-state index contributed by atoms with van der Waals surface area (Å²) in [4.78, 5) is 111. The quantitative estimate of drug-likeness (QED) is 0.0441. The van der Waals surface area contributed by atoms with E-state index in [4.69, 9.17) is 21.7 Å². The number of likely N-dealkylation sites (N-methyl/N-ethyl adjacent to an activating group) is 1. The van der Waals surface area contributed by atoms with Crippen molar-refractivity contribution in [1.82, 2.24) is 26.2 Å².